The van der Waals surface area contributed by atoms with Gasteiger partial charge in [-0.05, 0) is 42.5 Å². The number of hydrogen-bond acceptors (Lipinski definition) is 5. The van der Waals surface area contributed by atoms with E-state index >= 15 is 0 Å². The summed E-state index contributed by atoms with van der Waals surface area (Å²) in [5, 5.41) is 0.0357. The summed E-state index contributed by atoms with van der Waals surface area (Å²) in [5.74, 6) is -0.454. The number of halogens is 1. The van der Waals surface area contributed by atoms with Crippen molar-refractivity contribution in [2.75, 3.05) is 31.3 Å². The summed E-state index contributed by atoms with van der Waals surface area (Å²) in [4.78, 5) is 14.2. The van der Waals surface area contributed by atoms with Crippen LogP contribution >= 0.6 is 11.6 Å². The minimum atomic E-state index is -3.84. The van der Waals surface area contributed by atoms with Gasteiger partial charge in [-0.2, -0.15) is 4.31 Å². The lowest BCUT2D eigenvalue weighted by Crippen LogP contribution is -2.31. The van der Waals surface area contributed by atoms with E-state index < -0.39 is 25.8 Å². The predicted molar refractivity (Wildman–Crippen MR) is 114 cm³/mol. The smallest absolute Gasteiger partial charge is 0.258 e. The molecule has 0 aromatic heterocycles. The Morgan fingerprint density at radius 1 is 0.966 bits per heavy atom. The normalized spacial score (nSPS) is 12.2. The fourth-order valence-electron chi connectivity index (χ4n) is 2.76. The molecular weight excluding hydrogens is 436 g/mol. The van der Waals surface area contributed by atoms with E-state index in [0.29, 0.717) is 5.69 Å². The molecular formula is C19H23ClN2O5S2. The molecule has 0 saturated heterocycles. The molecule has 2 rings (SSSR count). The van der Waals surface area contributed by atoms with Crippen molar-refractivity contribution in [3.8, 4) is 0 Å². The van der Waals surface area contributed by atoms with Gasteiger partial charge >= 0.3 is 0 Å². The number of rotatable bonds is 7. The molecule has 0 aliphatic heterocycles. The maximum absolute atomic E-state index is 12.9. The average molecular weight is 459 g/mol. The van der Waals surface area contributed by atoms with Gasteiger partial charge in [0.1, 0.15) is 4.90 Å². The van der Waals surface area contributed by atoms with Crippen LogP contribution in [0, 0.1) is 0 Å². The van der Waals surface area contributed by atoms with Gasteiger partial charge in [0, 0.05) is 37.6 Å². The number of sulfonamides is 1. The number of hydrogen-bond donors (Lipinski definition) is 0. The molecule has 7 nitrogen and oxygen atoms in total. The summed E-state index contributed by atoms with van der Waals surface area (Å²) < 4.78 is 50.1. The summed E-state index contributed by atoms with van der Waals surface area (Å²) in [6, 6.07) is 9.94. The maximum Gasteiger partial charge on any atom is 0.258 e. The molecule has 1 amide bonds. The van der Waals surface area contributed by atoms with Gasteiger partial charge in [0.2, 0.25) is 10.0 Å². The fraction of sp³-hybridized carbons (Fsp3) is 0.316. The number of carbonyl (C=O) groups excluding carboxylic acids is 1. The third-order valence-electron chi connectivity index (χ3n) is 4.46. The molecule has 10 heteroatoms. The molecule has 29 heavy (non-hydrogen) atoms. The largest absolute Gasteiger partial charge is 0.311 e. The molecule has 0 unspecified atom stereocenters. The van der Waals surface area contributed by atoms with Crippen LogP contribution in [-0.2, 0) is 19.9 Å². The molecule has 0 heterocycles. The van der Waals surface area contributed by atoms with Crippen LogP contribution in [0.15, 0.2) is 52.3 Å². The minimum Gasteiger partial charge on any atom is -0.311 e. The monoisotopic (exact) mass is 458 g/mol. The Hall–Kier alpha value is -1.94. The van der Waals surface area contributed by atoms with Gasteiger partial charge in [-0.1, -0.05) is 25.4 Å². The van der Waals surface area contributed by atoms with E-state index in [0.717, 1.165) is 6.26 Å². The van der Waals surface area contributed by atoms with Crippen LogP contribution < -0.4 is 4.90 Å². The van der Waals surface area contributed by atoms with Crippen molar-refractivity contribution in [1.29, 1.82) is 0 Å². The molecule has 2 aromatic rings. The molecule has 0 spiro atoms. The topological polar surface area (TPSA) is 91.8 Å². The predicted octanol–water partition coefficient (Wildman–Crippen LogP) is 3.05. The van der Waals surface area contributed by atoms with Crippen molar-refractivity contribution in [2.45, 2.75) is 23.6 Å². The molecule has 0 atom stereocenters. The van der Waals surface area contributed by atoms with Crippen molar-refractivity contribution < 1.29 is 21.6 Å². The van der Waals surface area contributed by atoms with Crippen LogP contribution in [0.4, 0.5) is 5.69 Å². The molecule has 2 aromatic carbocycles. The fourth-order valence-corrected chi connectivity index (χ4v) is 5.35. The van der Waals surface area contributed by atoms with E-state index in [1.54, 1.807) is 13.8 Å². The van der Waals surface area contributed by atoms with E-state index in [-0.39, 0.29) is 33.5 Å². The first-order valence-electron chi connectivity index (χ1n) is 8.81. The maximum atomic E-state index is 12.9. The Morgan fingerprint density at radius 3 is 2.00 bits per heavy atom. The number of benzene rings is 2. The SMILES string of the molecule is CCN(CC)S(=O)(=O)c1cc(C(=O)N(C)c2ccc(S(C)(=O)=O)cc2)ccc1Cl. The number of nitrogens with zero attached hydrogens (tertiary/aromatic N) is 2. The highest BCUT2D eigenvalue weighted by Gasteiger charge is 2.26. The zero-order valence-corrected chi connectivity index (χ0v) is 19.0. The van der Waals surface area contributed by atoms with E-state index in [9.17, 15) is 21.6 Å². The minimum absolute atomic E-state index is 0.0357. The average Bonchev–Trinajstić information content (AvgIpc) is 2.67. The van der Waals surface area contributed by atoms with Crippen molar-refractivity contribution >= 4 is 43.1 Å². The number of anilines is 1. The molecule has 0 aliphatic carbocycles. The lowest BCUT2D eigenvalue weighted by atomic mass is 10.2. The summed E-state index contributed by atoms with van der Waals surface area (Å²) >= 11 is 6.11. The van der Waals surface area contributed by atoms with Gasteiger partial charge in [-0.3, -0.25) is 4.79 Å². The van der Waals surface area contributed by atoms with Crippen molar-refractivity contribution in [2.24, 2.45) is 0 Å². The third-order valence-corrected chi connectivity index (χ3v) is 8.12. The number of sulfone groups is 1. The highest BCUT2D eigenvalue weighted by atomic mass is 35.5. The Bertz CT molecular complexity index is 1110. The van der Waals surface area contributed by atoms with Crippen molar-refractivity contribution in [1.82, 2.24) is 4.31 Å². The first-order chi connectivity index (χ1) is 13.4. The number of carbonyl (C=O) groups is 1. The Kier molecular flexibility index (Phi) is 7.10. The zero-order chi connectivity index (χ0) is 22.0. The van der Waals surface area contributed by atoms with Crippen molar-refractivity contribution in [3.05, 3.63) is 53.1 Å². The molecule has 0 saturated carbocycles. The zero-order valence-electron chi connectivity index (χ0n) is 16.6. The van der Waals surface area contributed by atoms with Gasteiger partial charge < -0.3 is 4.90 Å². The first kappa shape index (κ1) is 23.3. The highest BCUT2D eigenvalue weighted by Crippen LogP contribution is 2.27. The molecule has 0 fully saturated rings. The highest BCUT2D eigenvalue weighted by molar-refractivity contribution is 7.90. The second-order valence-electron chi connectivity index (χ2n) is 6.36. The van der Waals surface area contributed by atoms with Crippen LogP contribution in [0.1, 0.15) is 24.2 Å². The number of amides is 1. The molecule has 0 bridgehead atoms. The van der Waals surface area contributed by atoms with Gasteiger partial charge in [-0.15, -0.1) is 0 Å². The van der Waals surface area contributed by atoms with E-state index in [4.69, 9.17) is 11.6 Å². The summed E-state index contributed by atoms with van der Waals surface area (Å²) in [5.41, 5.74) is 0.611. The molecule has 0 N–H and O–H groups in total. The van der Waals surface area contributed by atoms with Crippen LogP contribution in [0.3, 0.4) is 0 Å². The van der Waals surface area contributed by atoms with E-state index in [1.807, 2.05) is 0 Å². The lowest BCUT2D eigenvalue weighted by Gasteiger charge is -2.21. The second kappa shape index (κ2) is 8.83. The van der Waals surface area contributed by atoms with Crippen LogP contribution in [0.25, 0.3) is 0 Å². The molecule has 158 valence electrons. The van der Waals surface area contributed by atoms with Gasteiger partial charge in [0.15, 0.2) is 9.84 Å². The Morgan fingerprint density at radius 2 is 1.52 bits per heavy atom. The second-order valence-corrected chi connectivity index (χ2v) is 10.7. The first-order valence-corrected chi connectivity index (χ1v) is 12.5. The molecule has 0 radical (unpaired) electrons. The summed E-state index contributed by atoms with van der Waals surface area (Å²) in [6.45, 7) is 4.00. The van der Waals surface area contributed by atoms with Gasteiger partial charge in [0.25, 0.3) is 5.91 Å². The van der Waals surface area contributed by atoms with Crippen LogP contribution in [0.2, 0.25) is 5.02 Å². The van der Waals surface area contributed by atoms with Crippen molar-refractivity contribution in [3.63, 3.8) is 0 Å². The quantitative estimate of drug-likeness (QED) is 0.635. The van der Waals surface area contributed by atoms with E-state index in [2.05, 4.69) is 0 Å². The van der Waals surface area contributed by atoms with Crippen LogP contribution in [0.5, 0.6) is 0 Å². The Labute approximate surface area is 176 Å². The molecule has 0 aliphatic rings. The van der Waals surface area contributed by atoms with Gasteiger partial charge in [-0.25, -0.2) is 16.8 Å². The summed E-state index contributed by atoms with van der Waals surface area (Å²) in [7, 11) is -5.66. The standard InChI is InChI=1S/C19H23ClN2O5S2/c1-5-22(6-2)29(26,27)18-13-14(7-12-17(18)20)19(23)21(3)15-8-10-16(11-9-15)28(4,24)25/h7-13H,5-6H2,1-4H3. The van der Waals surface area contributed by atoms with E-state index in [1.165, 1.54) is 58.7 Å². The van der Waals surface area contributed by atoms with Gasteiger partial charge in [0.05, 0.1) is 9.92 Å². The summed E-state index contributed by atoms with van der Waals surface area (Å²) in [6.07, 6.45) is 1.10. The third kappa shape index (κ3) is 4.98. The Balaban J connectivity index is 2.41. The lowest BCUT2D eigenvalue weighted by molar-refractivity contribution is 0.0993. The van der Waals surface area contributed by atoms with Crippen LogP contribution in [-0.4, -0.2) is 53.4 Å².